The first-order valence-electron chi connectivity index (χ1n) is 6.18. The molecule has 0 aromatic heterocycles. The van der Waals surface area contributed by atoms with Crippen LogP contribution in [0.1, 0.15) is 5.56 Å². The van der Waals surface area contributed by atoms with Crippen LogP contribution in [0.5, 0.6) is 5.75 Å². The standard InChI is InChI=1S/C15H15NO4S/c1-12-6-8-15(9-7-12)21(17,18)20-14-5-3-4-13(10-14)16-11-19-2/h3-11H,1-2H3. The van der Waals surface area contributed by atoms with Crippen molar-refractivity contribution in [1.82, 2.24) is 0 Å². The van der Waals surface area contributed by atoms with Crippen molar-refractivity contribution in [2.24, 2.45) is 4.99 Å². The fourth-order valence-corrected chi connectivity index (χ4v) is 2.53. The summed E-state index contributed by atoms with van der Waals surface area (Å²) in [5, 5.41) is 0. The first kappa shape index (κ1) is 15.1. The lowest BCUT2D eigenvalue weighted by molar-refractivity contribution is 0.423. The third kappa shape index (κ3) is 4.06. The van der Waals surface area contributed by atoms with E-state index in [1.165, 1.54) is 31.7 Å². The van der Waals surface area contributed by atoms with Crippen molar-refractivity contribution in [3.8, 4) is 5.75 Å². The van der Waals surface area contributed by atoms with Gasteiger partial charge in [-0.1, -0.05) is 23.8 Å². The van der Waals surface area contributed by atoms with Crippen LogP contribution in [0.3, 0.4) is 0 Å². The Labute approximate surface area is 124 Å². The molecule has 0 spiro atoms. The smallest absolute Gasteiger partial charge is 0.339 e. The molecular weight excluding hydrogens is 290 g/mol. The van der Waals surface area contributed by atoms with E-state index >= 15 is 0 Å². The monoisotopic (exact) mass is 305 g/mol. The topological polar surface area (TPSA) is 65.0 Å². The van der Waals surface area contributed by atoms with Crippen LogP contribution in [0.25, 0.3) is 0 Å². The maximum Gasteiger partial charge on any atom is 0.339 e. The summed E-state index contributed by atoms with van der Waals surface area (Å²) in [6.07, 6.45) is 1.26. The highest BCUT2D eigenvalue weighted by Crippen LogP contribution is 2.23. The Kier molecular flexibility index (Phi) is 4.59. The van der Waals surface area contributed by atoms with Crippen LogP contribution in [0, 0.1) is 6.92 Å². The van der Waals surface area contributed by atoms with Crippen LogP contribution in [0.15, 0.2) is 58.4 Å². The summed E-state index contributed by atoms with van der Waals surface area (Å²) in [5.41, 5.74) is 1.51. The van der Waals surface area contributed by atoms with Crippen molar-refractivity contribution < 1.29 is 17.3 Å². The Hall–Kier alpha value is -2.34. The molecule has 2 aromatic rings. The van der Waals surface area contributed by atoms with E-state index in [0.29, 0.717) is 5.69 Å². The van der Waals surface area contributed by atoms with Gasteiger partial charge in [0.1, 0.15) is 10.6 Å². The van der Waals surface area contributed by atoms with Gasteiger partial charge in [-0.05, 0) is 31.2 Å². The molecule has 0 amide bonds. The molecular formula is C15H15NO4S. The van der Waals surface area contributed by atoms with E-state index in [0.717, 1.165) is 5.56 Å². The number of hydrogen-bond acceptors (Lipinski definition) is 5. The second-order valence-corrected chi connectivity index (χ2v) is 5.86. The summed E-state index contributed by atoms with van der Waals surface area (Å²) < 4.78 is 34.1. The molecule has 21 heavy (non-hydrogen) atoms. The molecule has 0 unspecified atom stereocenters. The Morgan fingerprint density at radius 1 is 1.10 bits per heavy atom. The van der Waals surface area contributed by atoms with Gasteiger partial charge in [-0.3, -0.25) is 0 Å². The molecule has 5 nitrogen and oxygen atoms in total. The minimum Gasteiger partial charge on any atom is -0.486 e. The Morgan fingerprint density at radius 3 is 2.48 bits per heavy atom. The molecule has 0 heterocycles. The van der Waals surface area contributed by atoms with Gasteiger partial charge in [0.15, 0.2) is 6.40 Å². The molecule has 6 heteroatoms. The number of aryl methyl sites for hydroxylation is 1. The van der Waals surface area contributed by atoms with E-state index in [4.69, 9.17) is 8.92 Å². The first-order chi connectivity index (χ1) is 10.0. The molecule has 0 bridgehead atoms. The predicted molar refractivity (Wildman–Crippen MR) is 80.6 cm³/mol. The van der Waals surface area contributed by atoms with Gasteiger partial charge in [0, 0.05) is 6.07 Å². The van der Waals surface area contributed by atoms with E-state index in [2.05, 4.69) is 4.99 Å². The van der Waals surface area contributed by atoms with Gasteiger partial charge >= 0.3 is 10.1 Å². The van der Waals surface area contributed by atoms with E-state index < -0.39 is 10.1 Å². The third-order valence-corrected chi connectivity index (χ3v) is 3.90. The predicted octanol–water partition coefficient (Wildman–Crippen LogP) is 3.07. The minimum absolute atomic E-state index is 0.110. The highest BCUT2D eigenvalue weighted by Gasteiger charge is 2.16. The number of methoxy groups -OCH3 is 1. The van der Waals surface area contributed by atoms with Crippen molar-refractivity contribution >= 4 is 22.2 Å². The first-order valence-corrected chi connectivity index (χ1v) is 7.58. The summed E-state index contributed by atoms with van der Waals surface area (Å²) in [5.74, 6) is 0.196. The van der Waals surface area contributed by atoms with E-state index in [-0.39, 0.29) is 10.6 Å². The van der Waals surface area contributed by atoms with E-state index in [1.54, 1.807) is 30.3 Å². The number of aliphatic imine (C=N–C) groups is 1. The van der Waals surface area contributed by atoms with Crippen molar-refractivity contribution in [1.29, 1.82) is 0 Å². The molecule has 110 valence electrons. The second-order valence-electron chi connectivity index (χ2n) is 4.32. The molecule has 0 aliphatic rings. The zero-order valence-corrected chi connectivity index (χ0v) is 12.5. The molecule has 2 rings (SSSR count). The zero-order valence-electron chi connectivity index (χ0n) is 11.7. The molecule has 0 atom stereocenters. The van der Waals surface area contributed by atoms with E-state index in [1.807, 2.05) is 6.92 Å². The van der Waals surface area contributed by atoms with Gasteiger partial charge < -0.3 is 8.92 Å². The summed E-state index contributed by atoms with van der Waals surface area (Å²) in [6.45, 7) is 1.88. The lowest BCUT2D eigenvalue weighted by Gasteiger charge is -2.07. The van der Waals surface area contributed by atoms with Crippen LogP contribution < -0.4 is 4.18 Å². The van der Waals surface area contributed by atoms with Gasteiger partial charge in [-0.2, -0.15) is 8.42 Å². The SMILES string of the molecule is COC=Nc1cccc(OS(=O)(=O)c2ccc(C)cc2)c1. The highest BCUT2D eigenvalue weighted by atomic mass is 32.2. The molecule has 0 saturated heterocycles. The van der Waals surface area contributed by atoms with Crippen molar-refractivity contribution in [3.63, 3.8) is 0 Å². The maximum atomic E-state index is 12.2. The van der Waals surface area contributed by atoms with Crippen molar-refractivity contribution in [2.75, 3.05) is 7.11 Å². The molecule has 0 fully saturated rings. The summed E-state index contributed by atoms with van der Waals surface area (Å²) in [7, 11) is -2.37. The van der Waals surface area contributed by atoms with E-state index in [9.17, 15) is 8.42 Å². The molecule has 0 aliphatic heterocycles. The fourth-order valence-electron chi connectivity index (χ4n) is 1.61. The van der Waals surface area contributed by atoms with Gasteiger partial charge in [-0.15, -0.1) is 0 Å². The van der Waals surface area contributed by atoms with Crippen LogP contribution >= 0.6 is 0 Å². The van der Waals surface area contributed by atoms with Crippen molar-refractivity contribution in [2.45, 2.75) is 11.8 Å². The number of rotatable bonds is 5. The maximum absolute atomic E-state index is 12.2. The number of hydrogen-bond donors (Lipinski definition) is 0. The average Bonchev–Trinajstić information content (AvgIpc) is 2.45. The summed E-state index contributed by atoms with van der Waals surface area (Å²) in [4.78, 5) is 4.09. The normalized spacial score (nSPS) is 11.5. The number of ether oxygens (including phenoxy) is 1. The van der Waals surface area contributed by atoms with Gasteiger partial charge in [-0.25, -0.2) is 4.99 Å². The Balaban J connectivity index is 2.24. The Bertz CT molecular complexity index is 737. The molecule has 2 aromatic carbocycles. The number of nitrogens with zero attached hydrogens (tertiary/aromatic N) is 1. The van der Waals surface area contributed by atoms with Gasteiger partial charge in [0.05, 0.1) is 12.8 Å². The largest absolute Gasteiger partial charge is 0.486 e. The highest BCUT2D eigenvalue weighted by molar-refractivity contribution is 7.87. The lowest BCUT2D eigenvalue weighted by Crippen LogP contribution is -2.09. The van der Waals surface area contributed by atoms with Crippen LogP contribution in [-0.4, -0.2) is 21.9 Å². The second kappa shape index (κ2) is 6.41. The van der Waals surface area contributed by atoms with Crippen LogP contribution in [0.4, 0.5) is 5.69 Å². The minimum atomic E-state index is -3.85. The molecule has 0 saturated carbocycles. The molecule has 0 aliphatic carbocycles. The zero-order chi connectivity index (χ0) is 15.3. The van der Waals surface area contributed by atoms with Gasteiger partial charge in [0.25, 0.3) is 0 Å². The quantitative estimate of drug-likeness (QED) is 0.484. The average molecular weight is 305 g/mol. The lowest BCUT2D eigenvalue weighted by atomic mass is 10.2. The van der Waals surface area contributed by atoms with Crippen molar-refractivity contribution in [3.05, 3.63) is 54.1 Å². The molecule has 0 N–H and O–H groups in total. The third-order valence-electron chi connectivity index (χ3n) is 2.64. The van der Waals surface area contributed by atoms with Crippen LogP contribution in [0.2, 0.25) is 0 Å². The number of benzene rings is 2. The fraction of sp³-hybridized carbons (Fsp3) is 0.133. The Morgan fingerprint density at radius 2 is 1.81 bits per heavy atom. The summed E-state index contributed by atoms with van der Waals surface area (Å²) in [6, 6.07) is 12.9. The van der Waals surface area contributed by atoms with Gasteiger partial charge in [0.2, 0.25) is 0 Å². The summed E-state index contributed by atoms with van der Waals surface area (Å²) >= 11 is 0. The van der Waals surface area contributed by atoms with Crippen LogP contribution in [-0.2, 0) is 14.9 Å². The molecule has 0 radical (unpaired) electrons.